The van der Waals surface area contributed by atoms with Gasteiger partial charge in [-0.1, -0.05) is 6.92 Å². The molecule has 2 atom stereocenters. The molecule has 5 nitrogen and oxygen atoms in total. The molecule has 0 aromatic heterocycles. The van der Waals surface area contributed by atoms with Gasteiger partial charge in [0, 0.05) is 5.56 Å². The summed E-state index contributed by atoms with van der Waals surface area (Å²) in [6.07, 6.45) is 0.427. The Balaban J connectivity index is 2.70. The highest BCUT2D eigenvalue weighted by Crippen LogP contribution is 2.13. The van der Waals surface area contributed by atoms with Crippen molar-refractivity contribution in [2.24, 2.45) is 0 Å². The number of carbonyl (C=O) groups excluding carboxylic acids is 1. The normalized spacial score (nSPS) is 13.6. The summed E-state index contributed by atoms with van der Waals surface area (Å²) in [4.78, 5) is 23.1. The quantitative estimate of drug-likeness (QED) is 0.713. The Bertz CT molecular complexity index is 455. The lowest BCUT2D eigenvalue weighted by atomic mass is 10.0. The van der Waals surface area contributed by atoms with Gasteiger partial charge in [0.25, 0.3) is 0 Å². The Morgan fingerprint density at radius 2 is 1.85 bits per heavy atom. The number of ether oxygens (including phenoxy) is 1. The first kappa shape index (κ1) is 16.2. The Morgan fingerprint density at radius 3 is 2.30 bits per heavy atom. The molecular weight excluding hydrogens is 258 g/mol. The maximum absolute atomic E-state index is 12.2. The monoisotopic (exact) mass is 279 g/mol. The van der Waals surface area contributed by atoms with Gasteiger partial charge in [-0.05, 0) is 44.5 Å². The molecule has 0 amide bonds. The average molecular weight is 279 g/mol. The zero-order valence-electron chi connectivity index (χ0n) is 12.1. The first-order valence-electron chi connectivity index (χ1n) is 6.75. The Hall–Kier alpha value is -1.88. The standard InChI is InChI=1S/C15H21NO4/c1-4-13(15(18)19)16-10(3)14(17)11-6-8-12(9-7-11)20-5-2/h6-10,13,16H,4-5H2,1-3H3,(H,18,19). The molecule has 0 bridgehead atoms. The lowest BCUT2D eigenvalue weighted by Gasteiger charge is -2.18. The van der Waals surface area contributed by atoms with Crippen LogP contribution in [0.3, 0.4) is 0 Å². The van der Waals surface area contributed by atoms with Gasteiger partial charge in [0.15, 0.2) is 5.78 Å². The molecule has 1 aromatic carbocycles. The molecule has 2 unspecified atom stereocenters. The topological polar surface area (TPSA) is 75.6 Å². The summed E-state index contributed by atoms with van der Waals surface area (Å²) in [7, 11) is 0. The molecular formula is C15H21NO4. The Labute approximate surface area is 118 Å². The molecule has 1 aromatic rings. The molecule has 0 fully saturated rings. The highest BCUT2D eigenvalue weighted by atomic mass is 16.5. The minimum atomic E-state index is -0.946. The third-order valence-corrected chi connectivity index (χ3v) is 3.00. The van der Waals surface area contributed by atoms with Crippen molar-refractivity contribution in [3.8, 4) is 5.75 Å². The van der Waals surface area contributed by atoms with Gasteiger partial charge in [-0.3, -0.25) is 14.9 Å². The fourth-order valence-electron chi connectivity index (χ4n) is 1.87. The molecule has 0 aliphatic carbocycles. The number of benzene rings is 1. The molecule has 0 spiro atoms. The van der Waals surface area contributed by atoms with Gasteiger partial charge in [0.1, 0.15) is 11.8 Å². The molecule has 110 valence electrons. The number of carboxylic acid groups (broad SMARTS) is 1. The Kier molecular flexibility index (Phi) is 6.18. The molecule has 0 radical (unpaired) electrons. The van der Waals surface area contributed by atoms with Crippen LogP contribution in [0.2, 0.25) is 0 Å². The summed E-state index contributed by atoms with van der Waals surface area (Å²) in [6, 6.07) is 5.58. The van der Waals surface area contributed by atoms with Gasteiger partial charge in [0.05, 0.1) is 12.6 Å². The van der Waals surface area contributed by atoms with Crippen LogP contribution < -0.4 is 10.1 Å². The number of carboxylic acids is 1. The maximum atomic E-state index is 12.2. The molecule has 0 aliphatic rings. The largest absolute Gasteiger partial charge is 0.494 e. The summed E-state index contributed by atoms with van der Waals surface area (Å²) in [6.45, 7) is 5.90. The van der Waals surface area contributed by atoms with E-state index in [2.05, 4.69) is 5.32 Å². The number of rotatable bonds is 8. The van der Waals surface area contributed by atoms with E-state index < -0.39 is 18.1 Å². The third kappa shape index (κ3) is 4.35. The van der Waals surface area contributed by atoms with Crippen molar-refractivity contribution in [3.63, 3.8) is 0 Å². The van der Waals surface area contributed by atoms with Crippen molar-refractivity contribution in [2.75, 3.05) is 6.61 Å². The number of nitrogens with one attached hydrogen (secondary N) is 1. The zero-order valence-corrected chi connectivity index (χ0v) is 12.1. The molecule has 1 rings (SSSR count). The van der Waals surface area contributed by atoms with Crippen LogP contribution in [0.4, 0.5) is 0 Å². The smallest absolute Gasteiger partial charge is 0.320 e. The van der Waals surface area contributed by atoms with Crippen LogP contribution in [0.15, 0.2) is 24.3 Å². The van der Waals surface area contributed by atoms with Crippen LogP contribution in [0.5, 0.6) is 5.75 Å². The van der Waals surface area contributed by atoms with Crippen molar-refractivity contribution in [1.29, 1.82) is 0 Å². The van der Waals surface area contributed by atoms with E-state index in [1.165, 1.54) is 0 Å². The third-order valence-electron chi connectivity index (χ3n) is 3.00. The van der Waals surface area contributed by atoms with Crippen LogP contribution in [-0.4, -0.2) is 35.5 Å². The lowest BCUT2D eigenvalue weighted by molar-refractivity contribution is -0.139. The van der Waals surface area contributed by atoms with Crippen molar-refractivity contribution < 1.29 is 19.4 Å². The van der Waals surface area contributed by atoms with Gasteiger partial charge in [-0.2, -0.15) is 0 Å². The van der Waals surface area contributed by atoms with Gasteiger partial charge >= 0.3 is 5.97 Å². The molecule has 0 saturated carbocycles. The van der Waals surface area contributed by atoms with E-state index in [1.807, 2.05) is 6.92 Å². The van der Waals surface area contributed by atoms with Crippen LogP contribution >= 0.6 is 0 Å². The number of aliphatic carboxylic acids is 1. The maximum Gasteiger partial charge on any atom is 0.320 e. The van der Waals surface area contributed by atoms with Crippen molar-refractivity contribution in [2.45, 2.75) is 39.3 Å². The molecule has 0 saturated heterocycles. The SMILES string of the molecule is CCOc1ccc(C(=O)C(C)NC(CC)C(=O)O)cc1. The second kappa shape index (κ2) is 7.65. The molecule has 5 heteroatoms. The van der Waals surface area contributed by atoms with Crippen molar-refractivity contribution in [3.05, 3.63) is 29.8 Å². The summed E-state index contributed by atoms with van der Waals surface area (Å²) in [5.41, 5.74) is 0.536. The van der Waals surface area contributed by atoms with Gasteiger partial charge in [-0.25, -0.2) is 0 Å². The number of carbonyl (C=O) groups is 2. The predicted molar refractivity (Wildman–Crippen MR) is 76.3 cm³/mol. The van der Waals surface area contributed by atoms with Crippen molar-refractivity contribution in [1.82, 2.24) is 5.32 Å². The van der Waals surface area contributed by atoms with Gasteiger partial charge in [0.2, 0.25) is 0 Å². The van der Waals surface area contributed by atoms with Crippen LogP contribution in [0, 0.1) is 0 Å². The summed E-state index contributed by atoms with van der Waals surface area (Å²) >= 11 is 0. The number of Topliss-reactive ketones (excluding diaryl/α,β-unsaturated/α-hetero) is 1. The number of hydrogen-bond donors (Lipinski definition) is 2. The van der Waals surface area contributed by atoms with Gasteiger partial charge in [-0.15, -0.1) is 0 Å². The fourth-order valence-corrected chi connectivity index (χ4v) is 1.87. The van der Waals surface area contributed by atoms with Crippen LogP contribution in [0.25, 0.3) is 0 Å². The highest BCUT2D eigenvalue weighted by Gasteiger charge is 2.22. The first-order chi connectivity index (χ1) is 9.49. The minimum Gasteiger partial charge on any atom is -0.494 e. The second-order valence-electron chi connectivity index (χ2n) is 4.51. The number of ketones is 1. The number of hydrogen-bond acceptors (Lipinski definition) is 4. The van der Waals surface area contributed by atoms with Crippen LogP contribution in [0.1, 0.15) is 37.6 Å². The summed E-state index contributed by atoms with van der Waals surface area (Å²) < 4.78 is 5.31. The minimum absolute atomic E-state index is 0.132. The van der Waals surface area contributed by atoms with E-state index in [4.69, 9.17) is 9.84 Å². The average Bonchev–Trinajstić information content (AvgIpc) is 2.44. The second-order valence-corrected chi connectivity index (χ2v) is 4.51. The molecule has 20 heavy (non-hydrogen) atoms. The zero-order chi connectivity index (χ0) is 15.1. The van der Waals surface area contributed by atoms with Crippen LogP contribution in [-0.2, 0) is 4.79 Å². The first-order valence-corrected chi connectivity index (χ1v) is 6.75. The van der Waals surface area contributed by atoms with Gasteiger partial charge < -0.3 is 9.84 Å². The highest BCUT2D eigenvalue weighted by molar-refractivity contribution is 6.00. The van der Waals surface area contributed by atoms with E-state index in [0.29, 0.717) is 24.3 Å². The Morgan fingerprint density at radius 1 is 1.25 bits per heavy atom. The molecule has 0 heterocycles. The summed E-state index contributed by atoms with van der Waals surface area (Å²) in [5.74, 6) is -0.367. The fraction of sp³-hybridized carbons (Fsp3) is 0.467. The predicted octanol–water partition coefficient (Wildman–Crippen LogP) is 2.11. The lowest BCUT2D eigenvalue weighted by Crippen LogP contribution is -2.45. The van der Waals surface area contributed by atoms with E-state index >= 15 is 0 Å². The van der Waals surface area contributed by atoms with E-state index in [-0.39, 0.29) is 5.78 Å². The van der Waals surface area contributed by atoms with E-state index in [0.717, 1.165) is 0 Å². The van der Waals surface area contributed by atoms with Crippen molar-refractivity contribution >= 4 is 11.8 Å². The van der Waals surface area contributed by atoms with E-state index in [9.17, 15) is 9.59 Å². The summed E-state index contributed by atoms with van der Waals surface area (Å²) in [5, 5.41) is 11.8. The molecule has 0 aliphatic heterocycles. The molecule has 2 N–H and O–H groups in total. The van der Waals surface area contributed by atoms with E-state index in [1.54, 1.807) is 38.1 Å².